The highest BCUT2D eigenvalue weighted by Crippen LogP contribution is 2.41. The van der Waals surface area contributed by atoms with E-state index in [9.17, 15) is 9.59 Å². The number of rotatable bonds is 4. The average molecular weight is 327 g/mol. The zero-order valence-electron chi connectivity index (χ0n) is 12.4. The van der Waals surface area contributed by atoms with Gasteiger partial charge < -0.3 is 5.32 Å². The SMILES string of the molecule is CC1(C)SCCC1CNC(=O)CC1SC2=NCCN2C1=O. The number of amidine groups is 1. The fraction of sp³-hybridized carbons (Fsp3) is 0.786. The Balaban J connectivity index is 1.48. The number of carbonyl (C=O) groups excluding carboxylic acids is 2. The summed E-state index contributed by atoms with van der Waals surface area (Å²) >= 11 is 3.41. The Bertz CT molecular complexity index is 493. The molecule has 3 aliphatic heterocycles. The van der Waals surface area contributed by atoms with E-state index in [4.69, 9.17) is 0 Å². The fourth-order valence-electron chi connectivity index (χ4n) is 2.97. The lowest BCUT2D eigenvalue weighted by molar-refractivity contribution is -0.129. The highest BCUT2D eigenvalue weighted by Gasteiger charge is 2.41. The summed E-state index contributed by atoms with van der Waals surface area (Å²) in [6.45, 7) is 6.57. The first-order valence-electron chi connectivity index (χ1n) is 7.40. The molecule has 0 aromatic carbocycles. The monoisotopic (exact) mass is 327 g/mol. The van der Waals surface area contributed by atoms with Crippen LogP contribution < -0.4 is 5.32 Å². The maximum atomic E-state index is 12.1. The Morgan fingerprint density at radius 1 is 1.52 bits per heavy atom. The van der Waals surface area contributed by atoms with Gasteiger partial charge in [-0.3, -0.25) is 19.5 Å². The molecule has 7 heteroatoms. The number of fused-ring (bicyclic) bond motifs is 1. The van der Waals surface area contributed by atoms with Gasteiger partial charge in [-0.1, -0.05) is 25.6 Å². The number of hydrogen-bond acceptors (Lipinski definition) is 5. The van der Waals surface area contributed by atoms with E-state index in [2.05, 4.69) is 24.2 Å². The summed E-state index contributed by atoms with van der Waals surface area (Å²) in [6.07, 6.45) is 1.42. The van der Waals surface area contributed by atoms with E-state index in [0.717, 1.165) is 18.1 Å². The molecule has 0 aliphatic carbocycles. The molecule has 2 fully saturated rings. The molecule has 0 saturated carbocycles. The minimum absolute atomic E-state index is 0.0182. The van der Waals surface area contributed by atoms with E-state index in [1.807, 2.05) is 11.8 Å². The minimum Gasteiger partial charge on any atom is -0.356 e. The van der Waals surface area contributed by atoms with Gasteiger partial charge in [-0.25, -0.2) is 0 Å². The van der Waals surface area contributed by atoms with Crippen molar-refractivity contribution < 1.29 is 9.59 Å². The number of amides is 2. The molecule has 21 heavy (non-hydrogen) atoms. The molecular weight excluding hydrogens is 306 g/mol. The summed E-state index contributed by atoms with van der Waals surface area (Å²) in [5, 5.41) is 3.53. The quantitative estimate of drug-likeness (QED) is 0.846. The molecule has 2 amide bonds. The molecular formula is C14H21N3O2S2. The van der Waals surface area contributed by atoms with Crippen LogP contribution in [0.15, 0.2) is 4.99 Å². The van der Waals surface area contributed by atoms with Crippen LogP contribution in [0.1, 0.15) is 26.7 Å². The van der Waals surface area contributed by atoms with Gasteiger partial charge in [-0.05, 0) is 18.1 Å². The van der Waals surface area contributed by atoms with Crippen LogP contribution in [0.2, 0.25) is 0 Å². The second-order valence-corrected chi connectivity index (χ2v) is 9.13. The van der Waals surface area contributed by atoms with Gasteiger partial charge in [0.15, 0.2) is 5.17 Å². The summed E-state index contributed by atoms with van der Waals surface area (Å²) in [5.74, 6) is 1.71. The number of thioether (sulfide) groups is 2. The van der Waals surface area contributed by atoms with Crippen LogP contribution in [0.4, 0.5) is 0 Å². The van der Waals surface area contributed by atoms with Crippen molar-refractivity contribution in [3.05, 3.63) is 0 Å². The summed E-state index contributed by atoms with van der Waals surface area (Å²) in [6, 6.07) is 0. The lowest BCUT2D eigenvalue weighted by atomic mass is 9.93. The zero-order chi connectivity index (χ0) is 15.0. The van der Waals surface area contributed by atoms with Crippen LogP contribution in [0.3, 0.4) is 0 Å². The van der Waals surface area contributed by atoms with Crippen LogP contribution in [-0.2, 0) is 9.59 Å². The molecule has 3 aliphatic rings. The number of nitrogens with zero attached hydrogens (tertiary/aromatic N) is 2. The molecule has 2 atom stereocenters. The summed E-state index contributed by atoms with van der Waals surface area (Å²) in [4.78, 5) is 30.2. The Hall–Kier alpha value is -0.690. The van der Waals surface area contributed by atoms with Gasteiger partial charge in [0, 0.05) is 24.3 Å². The van der Waals surface area contributed by atoms with Gasteiger partial charge in [0.1, 0.15) is 5.25 Å². The van der Waals surface area contributed by atoms with E-state index >= 15 is 0 Å². The predicted octanol–water partition coefficient (Wildman–Crippen LogP) is 1.34. The molecule has 3 rings (SSSR count). The fourth-order valence-corrected chi connectivity index (χ4v) is 5.52. The van der Waals surface area contributed by atoms with E-state index in [-0.39, 0.29) is 28.2 Å². The van der Waals surface area contributed by atoms with Gasteiger partial charge >= 0.3 is 0 Å². The molecule has 2 unspecified atom stereocenters. The Kier molecular flexibility index (Phi) is 4.23. The number of hydrogen-bond donors (Lipinski definition) is 1. The topological polar surface area (TPSA) is 61.8 Å². The molecule has 3 heterocycles. The second-order valence-electron chi connectivity index (χ2n) is 6.21. The first-order chi connectivity index (χ1) is 9.97. The summed E-state index contributed by atoms with van der Waals surface area (Å²) < 4.78 is 0.239. The van der Waals surface area contributed by atoms with Crippen LogP contribution >= 0.6 is 23.5 Å². The van der Waals surface area contributed by atoms with Crippen molar-refractivity contribution in [2.45, 2.75) is 36.7 Å². The minimum atomic E-state index is -0.282. The van der Waals surface area contributed by atoms with Crippen molar-refractivity contribution in [1.29, 1.82) is 0 Å². The summed E-state index contributed by atoms with van der Waals surface area (Å²) in [7, 11) is 0. The van der Waals surface area contributed by atoms with E-state index in [0.29, 0.717) is 19.0 Å². The highest BCUT2D eigenvalue weighted by atomic mass is 32.2. The van der Waals surface area contributed by atoms with Gasteiger partial charge in [-0.15, -0.1) is 0 Å². The van der Waals surface area contributed by atoms with Crippen molar-refractivity contribution in [3.8, 4) is 0 Å². The molecule has 0 spiro atoms. The van der Waals surface area contributed by atoms with E-state index in [1.165, 1.54) is 17.5 Å². The maximum absolute atomic E-state index is 12.1. The normalized spacial score (nSPS) is 30.5. The van der Waals surface area contributed by atoms with Crippen LogP contribution in [0.5, 0.6) is 0 Å². The molecule has 1 N–H and O–H groups in total. The number of aliphatic imine (C=N–C) groups is 1. The first kappa shape index (κ1) is 15.2. The van der Waals surface area contributed by atoms with Crippen molar-refractivity contribution in [2.75, 3.05) is 25.4 Å². The van der Waals surface area contributed by atoms with Gasteiger partial charge in [0.2, 0.25) is 11.8 Å². The first-order valence-corrected chi connectivity index (χ1v) is 9.27. The van der Waals surface area contributed by atoms with Gasteiger partial charge in [-0.2, -0.15) is 11.8 Å². The zero-order valence-corrected chi connectivity index (χ0v) is 14.1. The predicted molar refractivity (Wildman–Crippen MR) is 87.7 cm³/mol. The highest BCUT2D eigenvalue weighted by molar-refractivity contribution is 8.15. The maximum Gasteiger partial charge on any atom is 0.242 e. The third-order valence-electron chi connectivity index (χ3n) is 4.43. The van der Waals surface area contributed by atoms with Crippen molar-refractivity contribution in [3.63, 3.8) is 0 Å². The molecule has 0 radical (unpaired) electrons. The van der Waals surface area contributed by atoms with Crippen LogP contribution in [0.25, 0.3) is 0 Å². The van der Waals surface area contributed by atoms with Crippen LogP contribution in [0, 0.1) is 5.92 Å². The third-order valence-corrected chi connectivity index (χ3v) is 7.16. The average Bonchev–Trinajstić information content (AvgIpc) is 3.06. The lowest BCUT2D eigenvalue weighted by Gasteiger charge is -2.26. The van der Waals surface area contributed by atoms with Crippen molar-refractivity contribution >= 4 is 40.5 Å². The number of nitrogens with one attached hydrogen (secondary N) is 1. The number of carbonyl (C=O) groups is 2. The van der Waals surface area contributed by atoms with Crippen molar-refractivity contribution in [1.82, 2.24) is 10.2 Å². The largest absolute Gasteiger partial charge is 0.356 e. The Morgan fingerprint density at radius 3 is 3.00 bits per heavy atom. The Labute approximate surface area is 133 Å². The van der Waals surface area contributed by atoms with Crippen LogP contribution in [-0.4, -0.2) is 57.3 Å². The third kappa shape index (κ3) is 3.08. The smallest absolute Gasteiger partial charge is 0.242 e. The molecule has 2 saturated heterocycles. The standard InChI is InChI=1S/C14H21N3O2S2/c1-14(2)9(3-6-20-14)8-16-11(18)7-10-12(19)17-5-4-15-13(17)21-10/h9-10H,3-8H2,1-2H3,(H,16,18). The summed E-state index contributed by atoms with van der Waals surface area (Å²) in [5.41, 5.74) is 0. The molecule has 0 aromatic rings. The molecule has 5 nitrogen and oxygen atoms in total. The second kappa shape index (κ2) is 5.83. The molecule has 116 valence electrons. The Morgan fingerprint density at radius 2 is 2.33 bits per heavy atom. The van der Waals surface area contributed by atoms with Crippen molar-refractivity contribution in [2.24, 2.45) is 10.9 Å². The van der Waals surface area contributed by atoms with Gasteiger partial charge in [0.05, 0.1) is 6.54 Å². The molecule has 0 aromatic heterocycles. The molecule has 0 bridgehead atoms. The van der Waals surface area contributed by atoms with E-state index in [1.54, 1.807) is 4.90 Å². The van der Waals surface area contributed by atoms with E-state index < -0.39 is 0 Å². The van der Waals surface area contributed by atoms with Gasteiger partial charge in [0.25, 0.3) is 0 Å². The lowest BCUT2D eigenvalue weighted by Crippen LogP contribution is -2.38.